The first-order valence-electron chi connectivity index (χ1n) is 6.64. The van der Waals surface area contributed by atoms with E-state index < -0.39 is 0 Å². The Labute approximate surface area is 108 Å². The van der Waals surface area contributed by atoms with Crippen LogP contribution in [-0.4, -0.2) is 36.6 Å². The second-order valence-electron chi connectivity index (χ2n) is 5.02. The van der Waals surface area contributed by atoms with Crippen molar-refractivity contribution in [3.63, 3.8) is 0 Å². The lowest BCUT2D eigenvalue weighted by molar-refractivity contribution is 0.184. The summed E-state index contributed by atoms with van der Waals surface area (Å²) in [6.07, 6.45) is 1.93. The van der Waals surface area contributed by atoms with E-state index in [4.69, 9.17) is 5.73 Å². The van der Waals surface area contributed by atoms with Gasteiger partial charge in [0.25, 0.3) is 0 Å². The van der Waals surface area contributed by atoms with Crippen molar-refractivity contribution in [3.8, 4) is 0 Å². The fraction of sp³-hybridized carbons (Fsp3) is 0.571. The second kappa shape index (κ2) is 5.67. The normalized spacial score (nSPS) is 19.7. The SMILES string of the molecule is CCN1CCC(CN)(Nc2ccccc2F)CC1. The molecule has 1 aromatic carbocycles. The molecule has 1 aromatic rings. The minimum Gasteiger partial charge on any atom is -0.376 e. The van der Waals surface area contributed by atoms with Gasteiger partial charge in [-0.15, -0.1) is 0 Å². The van der Waals surface area contributed by atoms with Crippen molar-refractivity contribution in [2.75, 3.05) is 31.5 Å². The molecule has 0 bridgehead atoms. The maximum atomic E-state index is 13.7. The Bertz CT molecular complexity index is 386. The van der Waals surface area contributed by atoms with E-state index in [1.54, 1.807) is 12.1 Å². The molecule has 18 heavy (non-hydrogen) atoms. The van der Waals surface area contributed by atoms with Crippen LogP contribution in [0.5, 0.6) is 0 Å². The van der Waals surface area contributed by atoms with Crippen LogP contribution in [0.3, 0.4) is 0 Å². The van der Waals surface area contributed by atoms with E-state index in [2.05, 4.69) is 17.1 Å². The molecule has 0 amide bonds. The van der Waals surface area contributed by atoms with Gasteiger partial charge in [-0.2, -0.15) is 0 Å². The summed E-state index contributed by atoms with van der Waals surface area (Å²) < 4.78 is 13.7. The summed E-state index contributed by atoms with van der Waals surface area (Å²) in [5.74, 6) is -0.205. The van der Waals surface area contributed by atoms with Crippen LogP contribution < -0.4 is 11.1 Å². The average Bonchev–Trinajstić information content (AvgIpc) is 2.42. The number of nitrogens with one attached hydrogen (secondary N) is 1. The van der Waals surface area contributed by atoms with Gasteiger partial charge in [0.05, 0.1) is 11.2 Å². The first kappa shape index (κ1) is 13.3. The topological polar surface area (TPSA) is 41.3 Å². The van der Waals surface area contributed by atoms with E-state index in [9.17, 15) is 4.39 Å². The summed E-state index contributed by atoms with van der Waals surface area (Å²) >= 11 is 0. The van der Waals surface area contributed by atoms with E-state index in [1.165, 1.54) is 6.07 Å². The first-order chi connectivity index (χ1) is 8.69. The number of nitrogens with two attached hydrogens (primary N) is 1. The monoisotopic (exact) mass is 251 g/mol. The maximum absolute atomic E-state index is 13.7. The van der Waals surface area contributed by atoms with Gasteiger partial charge in [-0.25, -0.2) is 4.39 Å². The zero-order valence-electron chi connectivity index (χ0n) is 11.0. The molecule has 0 atom stereocenters. The minimum absolute atomic E-state index is 0.159. The van der Waals surface area contributed by atoms with Crippen LogP contribution in [0.4, 0.5) is 10.1 Å². The number of rotatable bonds is 4. The van der Waals surface area contributed by atoms with Gasteiger partial charge in [0.1, 0.15) is 5.82 Å². The molecule has 0 radical (unpaired) electrons. The predicted molar refractivity (Wildman–Crippen MR) is 73.2 cm³/mol. The van der Waals surface area contributed by atoms with Crippen LogP contribution >= 0.6 is 0 Å². The molecule has 0 saturated carbocycles. The number of hydrogen-bond acceptors (Lipinski definition) is 3. The summed E-state index contributed by atoms with van der Waals surface area (Å²) in [6.45, 7) is 5.82. The number of halogens is 1. The van der Waals surface area contributed by atoms with Crippen LogP contribution in [0.15, 0.2) is 24.3 Å². The lowest BCUT2D eigenvalue weighted by atomic mass is 9.87. The first-order valence-corrected chi connectivity index (χ1v) is 6.64. The number of anilines is 1. The minimum atomic E-state index is -0.205. The summed E-state index contributed by atoms with van der Waals surface area (Å²) in [7, 11) is 0. The Morgan fingerprint density at radius 3 is 2.56 bits per heavy atom. The largest absolute Gasteiger partial charge is 0.376 e. The van der Waals surface area contributed by atoms with Gasteiger partial charge in [-0.3, -0.25) is 0 Å². The van der Waals surface area contributed by atoms with Gasteiger partial charge in [0.2, 0.25) is 0 Å². The standard InChI is InChI=1S/C14H22FN3/c1-2-18-9-7-14(11-16,8-10-18)17-13-6-4-3-5-12(13)15/h3-6,17H,2,7-11,16H2,1H3. The third-order valence-electron chi connectivity index (χ3n) is 3.92. The molecule has 0 spiro atoms. The number of hydrogen-bond donors (Lipinski definition) is 2. The zero-order chi connectivity index (χ0) is 13.0. The van der Waals surface area contributed by atoms with Crippen LogP contribution in [0.2, 0.25) is 0 Å². The quantitative estimate of drug-likeness (QED) is 0.860. The van der Waals surface area contributed by atoms with Gasteiger partial charge in [-0.05, 0) is 31.5 Å². The number of likely N-dealkylation sites (tertiary alicyclic amines) is 1. The average molecular weight is 251 g/mol. The highest BCUT2D eigenvalue weighted by Crippen LogP contribution is 2.27. The lowest BCUT2D eigenvalue weighted by Crippen LogP contribution is -2.53. The van der Waals surface area contributed by atoms with Crippen molar-refractivity contribution in [2.45, 2.75) is 25.3 Å². The van der Waals surface area contributed by atoms with Crippen molar-refractivity contribution in [2.24, 2.45) is 5.73 Å². The molecular weight excluding hydrogens is 229 g/mol. The molecule has 100 valence electrons. The second-order valence-corrected chi connectivity index (χ2v) is 5.02. The summed E-state index contributed by atoms with van der Waals surface area (Å²) in [5, 5.41) is 3.33. The molecule has 1 heterocycles. The Morgan fingerprint density at radius 1 is 1.33 bits per heavy atom. The molecule has 1 aliphatic rings. The lowest BCUT2D eigenvalue weighted by Gasteiger charge is -2.42. The Hall–Kier alpha value is -1.13. The van der Waals surface area contributed by atoms with E-state index >= 15 is 0 Å². The van der Waals surface area contributed by atoms with Crippen LogP contribution in [0.1, 0.15) is 19.8 Å². The van der Waals surface area contributed by atoms with Crippen molar-refractivity contribution in [3.05, 3.63) is 30.1 Å². The molecule has 0 aromatic heterocycles. The predicted octanol–water partition coefficient (Wildman–Crippen LogP) is 2.05. The maximum Gasteiger partial charge on any atom is 0.146 e. The summed E-state index contributed by atoms with van der Waals surface area (Å²) in [6, 6.07) is 6.80. The summed E-state index contributed by atoms with van der Waals surface area (Å²) in [5.41, 5.74) is 6.32. The highest BCUT2D eigenvalue weighted by molar-refractivity contribution is 5.47. The molecule has 0 aliphatic carbocycles. The van der Waals surface area contributed by atoms with Crippen LogP contribution in [0, 0.1) is 5.82 Å². The molecule has 4 heteroatoms. The van der Waals surface area contributed by atoms with Crippen molar-refractivity contribution >= 4 is 5.69 Å². The molecule has 3 nitrogen and oxygen atoms in total. The van der Waals surface area contributed by atoms with Crippen molar-refractivity contribution in [1.29, 1.82) is 0 Å². The van der Waals surface area contributed by atoms with E-state index in [1.807, 2.05) is 6.07 Å². The van der Waals surface area contributed by atoms with Crippen molar-refractivity contribution < 1.29 is 4.39 Å². The van der Waals surface area contributed by atoms with Crippen molar-refractivity contribution in [1.82, 2.24) is 4.90 Å². The van der Waals surface area contributed by atoms with Gasteiger partial charge in [0, 0.05) is 19.6 Å². The number of para-hydroxylation sites is 1. The zero-order valence-corrected chi connectivity index (χ0v) is 11.0. The highest BCUT2D eigenvalue weighted by atomic mass is 19.1. The van der Waals surface area contributed by atoms with Gasteiger partial charge in [0.15, 0.2) is 0 Å². The number of nitrogens with zero attached hydrogens (tertiary/aromatic N) is 1. The number of piperidine rings is 1. The molecule has 1 saturated heterocycles. The van der Waals surface area contributed by atoms with Gasteiger partial charge < -0.3 is 16.0 Å². The fourth-order valence-corrected chi connectivity index (χ4v) is 2.53. The van der Waals surface area contributed by atoms with E-state index in [0.29, 0.717) is 12.2 Å². The molecule has 2 rings (SSSR count). The smallest absolute Gasteiger partial charge is 0.146 e. The molecule has 1 fully saturated rings. The molecule has 0 unspecified atom stereocenters. The highest BCUT2D eigenvalue weighted by Gasteiger charge is 2.33. The van der Waals surface area contributed by atoms with E-state index in [0.717, 1.165) is 32.5 Å². The Kier molecular flexibility index (Phi) is 4.19. The van der Waals surface area contributed by atoms with E-state index in [-0.39, 0.29) is 11.4 Å². The third-order valence-corrected chi connectivity index (χ3v) is 3.92. The Balaban J connectivity index is 2.08. The Morgan fingerprint density at radius 2 is 2.00 bits per heavy atom. The fourth-order valence-electron chi connectivity index (χ4n) is 2.53. The summed E-state index contributed by atoms with van der Waals surface area (Å²) in [4.78, 5) is 2.40. The molecule has 1 aliphatic heterocycles. The molecular formula is C14H22FN3. The van der Waals surface area contributed by atoms with Crippen LogP contribution in [0.25, 0.3) is 0 Å². The third kappa shape index (κ3) is 2.82. The van der Waals surface area contributed by atoms with Crippen LogP contribution in [-0.2, 0) is 0 Å². The van der Waals surface area contributed by atoms with Gasteiger partial charge >= 0.3 is 0 Å². The van der Waals surface area contributed by atoms with Gasteiger partial charge in [-0.1, -0.05) is 19.1 Å². The molecule has 3 N–H and O–H groups in total. The number of benzene rings is 1.